The van der Waals surface area contributed by atoms with Crippen LogP contribution in [0.25, 0.3) is 11.0 Å². The first kappa shape index (κ1) is 13.8. The van der Waals surface area contributed by atoms with Crippen molar-refractivity contribution in [2.45, 2.75) is 6.42 Å². The van der Waals surface area contributed by atoms with E-state index in [9.17, 15) is 9.18 Å². The fraction of sp³-hybridized carbons (Fsp3) is 0.125. The molecular weight excluding hydrogens is 291 g/mol. The molecule has 0 N–H and O–H groups in total. The maximum absolute atomic E-state index is 13.7. The van der Waals surface area contributed by atoms with Crippen LogP contribution in [-0.2, 0) is 13.5 Å². The summed E-state index contributed by atoms with van der Waals surface area (Å²) in [7, 11) is 1.84. The van der Waals surface area contributed by atoms with E-state index in [1.807, 2.05) is 35.9 Å². The molecule has 0 spiro atoms. The van der Waals surface area contributed by atoms with Crippen LogP contribution in [0.5, 0.6) is 0 Å². The van der Waals surface area contributed by atoms with Crippen LogP contribution in [0.2, 0.25) is 5.02 Å². The third-order valence-corrected chi connectivity index (χ3v) is 3.66. The third-order valence-electron chi connectivity index (χ3n) is 3.43. The van der Waals surface area contributed by atoms with E-state index in [1.54, 1.807) is 0 Å². The SMILES string of the molecule is Cn1c(CC(=O)c2cc(Cl)ccc2F)nc2ccccc21. The number of fused-ring (bicyclic) bond motifs is 1. The van der Waals surface area contributed by atoms with Crippen molar-refractivity contribution in [1.29, 1.82) is 0 Å². The number of aromatic nitrogens is 2. The van der Waals surface area contributed by atoms with Crippen LogP contribution in [-0.4, -0.2) is 15.3 Å². The van der Waals surface area contributed by atoms with Crippen molar-refractivity contribution in [1.82, 2.24) is 9.55 Å². The number of carbonyl (C=O) groups is 1. The molecule has 2 aromatic carbocycles. The van der Waals surface area contributed by atoms with Gasteiger partial charge in [0.05, 0.1) is 23.0 Å². The molecule has 0 unspecified atom stereocenters. The highest BCUT2D eigenvalue weighted by atomic mass is 35.5. The summed E-state index contributed by atoms with van der Waals surface area (Å²) in [6, 6.07) is 11.6. The summed E-state index contributed by atoms with van der Waals surface area (Å²) < 4.78 is 15.6. The van der Waals surface area contributed by atoms with E-state index < -0.39 is 5.82 Å². The predicted octanol–water partition coefficient (Wildman–Crippen LogP) is 3.79. The van der Waals surface area contributed by atoms with Gasteiger partial charge in [-0.05, 0) is 30.3 Å². The van der Waals surface area contributed by atoms with Gasteiger partial charge in [-0.25, -0.2) is 9.37 Å². The lowest BCUT2D eigenvalue weighted by molar-refractivity contribution is 0.0986. The summed E-state index contributed by atoms with van der Waals surface area (Å²) in [5.41, 5.74) is 1.75. The Kier molecular flexibility index (Phi) is 3.47. The lowest BCUT2D eigenvalue weighted by atomic mass is 10.1. The summed E-state index contributed by atoms with van der Waals surface area (Å²) in [6.07, 6.45) is 0.0302. The zero-order valence-corrected chi connectivity index (χ0v) is 12.1. The topological polar surface area (TPSA) is 34.9 Å². The van der Waals surface area contributed by atoms with Crippen LogP contribution in [0, 0.1) is 5.82 Å². The monoisotopic (exact) mass is 302 g/mol. The molecule has 0 aliphatic heterocycles. The van der Waals surface area contributed by atoms with Gasteiger partial charge in [0, 0.05) is 12.1 Å². The number of nitrogens with zero attached hydrogens (tertiary/aromatic N) is 2. The molecule has 3 nitrogen and oxygen atoms in total. The van der Waals surface area contributed by atoms with Gasteiger partial charge in [-0.3, -0.25) is 4.79 Å². The highest BCUT2D eigenvalue weighted by Crippen LogP contribution is 2.19. The van der Waals surface area contributed by atoms with E-state index in [2.05, 4.69) is 4.98 Å². The molecule has 0 aliphatic carbocycles. The molecule has 21 heavy (non-hydrogen) atoms. The number of aryl methyl sites for hydroxylation is 1. The summed E-state index contributed by atoms with van der Waals surface area (Å²) in [5.74, 6) is -0.308. The molecule has 1 aromatic heterocycles. The number of Topliss-reactive ketones (excluding diaryl/α,β-unsaturated/α-hetero) is 1. The molecule has 3 aromatic rings. The Hall–Kier alpha value is -2.20. The number of halogens is 2. The van der Waals surface area contributed by atoms with Crippen LogP contribution in [0.1, 0.15) is 16.2 Å². The minimum atomic E-state index is -0.567. The number of rotatable bonds is 3. The number of imidazole rings is 1. The van der Waals surface area contributed by atoms with Gasteiger partial charge in [0.25, 0.3) is 0 Å². The second-order valence-electron chi connectivity index (χ2n) is 4.80. The summed E-state index contributed by atoms with van der Waals surface area (Å²) >= 11 is 5.82. The molecule has 106 valence electrons. The highest BCUT2D eigenvalue weighted by Gasteiger charge is 2.16. The quantitative estimate of drug-likeness (QED) is 0.690. The fourth-order valence-electron chi connectivity index (χ4n) is 2.30. The van der Waals surface area contributed by atoms with Crippen LogP contribution in [0.4, 0.5) is 4.39 Å². The molecule has 0 aliphatic rings. The first-order chi connectivity index (χ1) is 10.1. The van der Waals surface area contributed by atoms with E-state index in [-0.39, 0.29) is 17.8 Å². The maximum atomic E-state index is 13.7. The molecule has 0 fully saturated rings. The fourth-order valence-corrected chi connectivity index (χ4v) is 2.48. The van der Waals surface area contributed by atoms with Crippen molar-refractivity contribution < 1.29 is 9.18 Å². The lowest BCUT2D eigenvalue weighted by Gasteiger charge is -2.04. The molecule has 0 saturated heterocycles. The molecular formula is C16H12ClFN2O. The Balaban J connectivity index is 1.96. The van der Waals surface area contributed by atoms with Gasteiger partial charge in [-0.2, -0.15) is 0 Å². The molecule has 0 saturated carbocycles. The van der Waals surface area contributed by atoms with Crippen molar-refractivity contribution in [3.05, 3.63) is 64.7 Å². The summed E-state index contributed by atoms with van der Waals surface area (Å²) in [6.45, 7) is 0. The highest BCUT2D eigenvalue weighted by molar-refractivity contribution is 6.31. The zero-order valence-electron chi connectivity index (χ0n) is 11.3. The van der Waals surface area contributed by atoms with E-state index in [0.717, 1.165) is 11.0 Å². The summed E-state index contributed by atoms with van der Waals surface area (Å²) in [5, 5.41) is 0.338. The second-order valence-corrected chi connectivity index (χ2v) is 5.24. The average Bonchev–Trinajstić information content (AvgIpc) is 2.78. The average molecular weight is 303 g/mol. The van der Waals surface area contributed by atoms with Gasteiger partial charge in [0.15, 0.2) is 5.78 Å². The number of para-hydroxylation sites is 2. The molecule has 1 heterocycles. The molecule has 0 amide bonds. The second kappa shape index (κ2) is 5.30. The number of hydrogen-bond donors (Lipinski definition) is 0. The number of ketones is 1. The molecule has 5 heteroatoms. The number of carbonyl (C=O) groups excluding carboxylic acids is 1. The first-order valence-corrected chi connectivity index (χ1v) is 6.82. The zero-order chi connectivity index (χ0) is 15.0. The Morgan fingerprint density at radius 2 is 2.05 bits per heavy atom. The lowest BCUT2D eigenvalue weighted by Crippen LogP contribution is -2.10. The van der Waals surface area contributed by atoms with Crippen LogP contribution >= 0.6 is 11.6 Å². The van der Waals surface area contributed by atoms with Gasteiger partial charge >= 0.3 is 0 Å². The van der Waals surface area contributed by atoms with E-state index >= 15 is 0 Å². The van der Waals surface area contributed by atoms with Crippen LogP contribution < -0.4 is 0 Å². The Morgan fingerprint density at radius 3 is 2.81 bits per heavy atom. The minimum Gasteiger partial charge on any atom is -0.331 e. The molecule has 3 rings (SSSR count). The molecule has 0 atom stereocenters. The standard InChI is InChI=1S/C16H12ClFN2O/c1-20-14-5-3-2-4-13(14)19-16(20)9-15(21)11-8-10(17)6-7-12(11)18/h2-8H,9H2,1H3. The predicted molar refractivity (Wildman–Crippen MR) is 80.2 cm³/mol. The van der Waals surface area contributed by atoms with Gasteiger partial charge in [-0.1, -0.05) is 23.7 Å². The van der Waals surface area contributed by atoms with Crippen molar-refractivity contribution in [3.8, 4) is 0 Å². The smallest absolute Gasteiger partial charge is 0.173 e. The van der Waals surface area contributed by atoms with Crippen molar-refractivity contribution >= 4 is 28.4 Å². The van der Waals surface area contributed by atoms with Crippen LogP contribution in [0.15, 0.2) is 42.5 Å². The van der Waals surface area contributed by atoms with Gasteiger partial charge in [0.2, 0.25) is 0 Å². The largest absolute Gasteiger partial charge is 0.331 e. The minimum absolute atomic E-state index is 0.00504. The Labute approximate surface area is 126 Å². The van der Waals surface area contributed by atoms with Crippen molar-refractivity contribution in [2.75, 3.05) is 0 Å². The normalized spacial score (nSPS) is 11.0. The van der Waals surface area contributed by atoms with Gasteiger partial charge < -0.3 is 4.57 Å². The third kappa shape index (κ3) is 2.54. The Morgan fingerprint density at radius 1 is 1.29 bits per heavy atom. The molecule has 0 radical (unpaired) electrons. The van der Waals surface area contributed by atoms with Crippen LogP contribution in [0.3, 0.4) is 0 Å². The Bertz CT molecular complexity index is 841. The summed E-state index contributed by atoms with van der Waals surface area (Å²) in [4.78, 5) is 16.7. The van der Waals surface area contributed by atoms with Crippen molar-refractivity contribution in [3.63, 3.8) is 0 Å². The van der Waals surface area contributed by atoms with E-state index in [1.165, 1.54) is 18.2 Å². The van der Waals surface area contributed by atoms with E-state index in [4.69, 9.17) is 11.6 Å². The first-order valence-electron chi connectivity index (χ1n) is 6.45. The number of benzene rings is 2. The van der Waals surface area contributed by atoms with Crippen molar-refractivity contribution in [2.24, 2.45) is 7.05 Å². The molecule has 0 bridgehead atoms. The van der Waals surface area contributed by atoms with Gasteiger partial charge in [0.1, 0.15) is 11.6 Å². The van der Waals surface area contributed by atoms with E-state index in [0.29, 0.717) is 10.8 Å². The van der Waals surface area contributed by atoms with Gasteiger partial charge in [-0.15, -0.1) is 0 Å². The maximum Gasteiger partial charge on any atom is 0.173 e. The number of hydrogen-bond acceptors (Lipinski definition) is 2.